The van der Waals surface area contributed by atoms with Crippen LogP contribution in [0.15, 0.2) is 30.3 Å². The molecule has 0 aliphatic carbocycles. The van der Waals surface area contributed by atoms with Crippen LogP contribution in [0.25, 0.3) is 0 Å². The molecular formula is C13H21N3O3S. The number of ether oxygens (including phenoxy) is 1. The Labute approximate surface area is 120 Å². The standard InChI is InChI=1S/C13H21N3O3S/c14-13(12-4-2-1-3-5-12)6-7-15-20(17,18)16-8-10-19-11-9-16/h1-5,13,15H,6-11,14H2. The molecule has 1 aliphatic heterocycles. The first-order valence-electron chi connectivity index (χ1n) is 6.72. The lowest BCUT2D eigenvalue weighted by atomic mass is 10.1. The van der Waals surface area contributed by atoms with Crippen LogP contribution in [0.3, 0.4) is 0 Å². The topological polar surface area (TPSA) is 84.7 Å². The van der Waals surface area contributed by atoms with Gasteiger partial charge in [0.05, 0.1) is 13.2 Å². The van der Waals surface area contributed by atoms with Crippen molar-refractivity contribution in [1.82, 2.24) is 9.03 Å². The molecule has 112 valence electrons. The Bertz CT molecular complexity index is 501. The number of benzene rings is 1. The molecule has 0 aromatic heterocycles. The third-order valence-corrected chi connectivity index (χ3v) is 4.89. The van der Waals surface area contributed by atoms with Crippen LogP contribution in [-0.2, 0) is 14.9 Å². The molecule has 0 amide bonds. The second kappa shape index (κ2) is 7.14. The van der Waals surface area contributed by atoms with E-state index in [4.69, 9.17) is 10.5 Å². The van der Waals surface area contributed by atoms with Gasteiger partial charge in [0.25, 0.3) is 10.2 Å². The minimum Gasteiger partial charge on any atom is -0.379 e. The van der Waals surface area contributed by atoms with E-state index in [1.165, 1.54) is 4.31 Å². The zero-order valence-corrected chi connectivity index (χ0v) is 12.2. The highest BCUT2D eigenvalue weighted by Gasteiger charge is 2.23. The van der Waals surface area contributed by atoms with Gasteiger partial charge in [-0.15, -0.1) is 0 Å². The summed E-state index contributed by atoms with van der Waals surface area (Å²) in [5.41, 5.74) is 7.05. The minimum absolute atomic E-state index is 0.163. The Kier molecular flexibility index (Phi) is 5.50. The first-order valence-corrected chi connectivity index (χ1v) is 8.16. The third kappa shape index (κ3) is 4.26. The number of nitrogens with zero attached hydrogens (tertiary/aromatic N) is 1. The minimum atomic E-state index is -3.41. The number of hydrogen-bond donors (Lipinski definition) is 2. The largest absolute Gasteiger partial charge is 0.379 e. The molecule has 0 spiro atoms. The van der Waals surface area contributed by atoms with Crippen molar-refractivity contribution < 1.29 is 13.2 Å². The molecule has 1 atom stereocenters. The highest BCUT2D eigenvalue weighted by Crippen LogP contribution is 2.12. The highest BCUT2D eigenvalue weighted by atomic mass is 32.2. The first kappa shape index (κ1) is 15.4. The molecule has 1 aromatic carbocycles. The van der Waals surface area contributed by atoms with Gasteiger partial charge in [0.2, 0.25) is 0 Å². The van der Waals surface area contributed by atoms with E-state index >= 15 is 0 Å². The summed E-state index contributed by atoms with van der Waals surface area (Å²) in [5, 5.41) is 0. The summed E-state index contributed by atoms with van der Waals surface area (Å²) >= 11 is 0. The van der Waals surface area contributed by atoms with E-state index in [9.17, 15) is 8.42 Å². The van der Waals surface area contributed by atoms with E-state index in [0.717, 1.165) is 5.56 Å². The maximum Gasteiger partial charge on any atom is 0.279 e. The van der Waals surface area contributed by atoms with E-state index in [1.807, 2.05) is 30.3 Å². The number of rotatable bonds is 6. The van der Waals surface area contributed by atoms with Crippen molar-refractivity contribution in [2.45, 2.75) is 12.5 Å². The van der Waals surface area contributed by atoms with Crippen molar-refractivity contribution in [3.63, 3.8) is 0 Å². The SMILES string of the molecule is NC(CCNS(=O)(=O)N1CCOCC1)c1ccccc1. The van der Waals surface area contributed by atoms with E-state index in [-0.39, 0.29) is 6.04 Å². The van der Waals surface area contributed by atoms with Crippen molar-refractivity contribution in [2.75, 3.05) is 32.8 Å². The number of nitrogens with one attached hydrogen (secondary N) is 1. The first-order chi connectivity index (χ1) is 9.59. The molecule has 1 aliphatic rings. The second-order valence-electron chi connectivity index (χ2n) is 4.72. The molecule has 1 saturated heterocycles. The average Bonchev–Trinajstić information content (AvgIpc) is 2.49. The summed E-state index contributed by atoms with van der Waals surface area (Å²) in [4.78, 5) is 0. The molecule has 20 heavy (non-hydrogen) atoms. The van der Waals surface area contributed by atoms with Gasteiger partial charge in [-0.1, -0.05) is 30.3 Å². The van der Waals surface area contributed by atoms with Gasteiger partial charge in [-0.25, -0.2) is 4.72 Å². The van der Waals surface area contributed by atoms with Crippen LogP contribution in [0, 0.1) is 0 Å². The predicted octanol–water partition coefficient (Wildman–Crippen LogP) is 0.243. The Hall–Kier alpha value is -0.990. The van der Waals surface area contributed by atoms with E-state index in [2.05, 4.69) is 4.72 Å². The molecule has 1 heterocycles. The average molecular weight is 299 g/mol. The monoisotopic (exact) mass is 299 g/mol. The third-order valence-electron chi connectivity index (χ3n) is 3.28. The molecule has 1 fully saturated rings. The van der Waals surface area contributed by atoms with Crippen LogP contribution in [0.1, 0.15) is 18.0 Å². The maximum atomic E-state index is 12.0. The van der Waals surface area contributed by atoms with Crippen molar-refractivity contribution in [3.8, 4) is 0 Å². The summed E-state index contributed by atoms with van der Waals surface area (Å²) in [6.45, 7) is 2.03. The quantitative estimate of drug-likeness (QED) is 0.788. The number of hydrogen-bond acceptors (Lipinski definition) is 4. The zero-order chi connectivity index (χ0) is 14.4. The van der Waals surface area contributed by atoms with Crippen LogP contribution in [0.5, 0.6) is 0 Å². The molecule has 2 rings (SSSR count). The predicted molar refractivity (Wildman–Crippen MR) is 77.3 cm³/mol. The number of morpholine rings is 1. The van der Waals surface area contributed by atoms with Gasteiger partial charge in [-0.2, -0.15) is 12.7 Å². The maximum absolute atomic E-state index is 12.0. The number of nitrogens with two attached hydrogens (primary N) is 1. The van der Waals surface area contributed by atoms with Gasteiger partial charge in [0.15, 0.2) is 0 Å². The summed E-state index contributed by atoms with van der Waals surface area (Å²) in [7, 11) is -3.41. The molecule has 6 nitrogen and oxygen atoms in total. The van der Waals surface area contributed by atoms with Gasteiger partial charge >= 0.3 is 0 Å². The summed E-state index contributed by atoms with van der Waals surface area (Å²) in [5.74, 6) is 0. The van der Waals surface area contributed by atoms with Gasteiger partial charge in [0, 0.05) is 25.7 Å². The fourth-order valence-electron chi connectivity index (χ4n) is 2.09. The molecule has 0 saturated carbocycles. The Balaban J connectivity index is 1.80. The van der Waals surface area contributed by atoms with Crippen LogP contribution in [-0.4, -0.2) is 45.6 Å². The fourth-order valence-corrected chi connectivity index (χ4v) is 3.28. The lowest BCUT2D eigenvalue weighted by Crippen LogP contribution is -2.47. The summed E-state index contributed by atoms with van der Waals surface area (Å²) < 4.78 is 33.2. The fraction of sp³-hybridized carbons (Fsp3) is 0.538. The lowest BCUT2D eigenvalue weighted by Gasteiger charge is -2.26. The van der Waals surface area contributed by atoms with Crippen LogP contribution in [0.4, 0.5) is 0 Å². The zero-order valence-electron chi connectivity index (χ0n) is 11.4. The highest BCUT2D eigenvalue weighted by molar-refractivity contribution is 7.87. The van der Waals surface area contributed by atoms with Gasteiger partial charge in [-0.3, -0.25) is 0 Å². The van der Waals surface area contributed by atoms with Gasteiger partial charge < -0.3 is 10.5 Å². The smallest absolute Gasteiger partial charge is 0.279 e. The Morgan fingerprint density at radius 1 is 1.25 bits per heavy atom. The van der Waals surface area contributed by atoms with Crippen molar-refractivity contribution in [3.05, 3.63) is 35.9 Å². The molecule has 0 bridgehead atoms. The second-order valence-corrected chi connectivity index (χ2v) is 6.47. The Morgan fingerprint density at radius 3 is 2.55 bits per heavy atom. The van der Waals surface area contributed by atoms with Crippen molar-refractivity contribution in [1.29, 1.82) is 0 Å². The van der Waals surface area contributed by atoms with Crippen molar-refractivity contribution >= 4 is 10.2 Å². The normalized spacial score (nSPS) is 18.9. The van der Waals surface area contributed by atoms with E-state index < -0.39 is 10.2 Å². The molecule has 3 N–H and O–H groups in total. The molecular weight excluding hydrogens is 278 g/mol. The van der Waals surface area contributed by atoms with Crippen molar-refractivity contribution in [2.24, 2.45) is 5.73 Å². The Morgan fingerprint density at radius 2 is 1.90 bits per heavy atom. The van der Waals surface area contributed by atoms with Crippen LogP contribution in [0.2, 0.25) is 0 Å². The summed E-state index contributed by atoms with van der Waals surface area (Å²) in [6, 6.07) is 9.50. The molecule has 1 unspecified atom stereocenters. The lowest BCUT2D eigenvalue weighted by molar-refractivity contribution is 0.0725. The van der Waals surface area contributed by atoms with Crippen LogP contribution >= 0.6 is 0 Å². The van der Waals surface area contributed by atoms with Crippen LogP contribution < -0.4 is 10.5 Å². The van der Waals surface area contributed by atoms with Gasteiger partial charge in [0.1, 0.15) is 0 Å². The van der Waals surface area contributed by atoms with E-state index in [1.54, 1.807) is 0 Å². The summed E-state index contributed by atoms with van der Waals surface area (Å²) in [6.07, 6.45) is 0.563. The molecule has 1 aromatic rings. The van der Waals surface area contributed by atoms with E-state index in [0.29, 0.717) is 39.3 Å². The molecule has 0 radical (unpaired) electrons. The molecule has 7 heteroatoms. The van der Waals surface area contributed by atoms with Gasteiger partial charge in [-0.05, 0) is 12.0 Å².